The molecule has 0 saturated carbocycles. The van der Waals surface area contributed by atoms with E-state index in [1.165, 1.54) is 17.0 Å². The van der Waals surface area contributed by atoms with E-state index in [2.05, 4.69) is 5.32 Å². The van der Waals surface area contributed by atoms with Crippen LogP contribution in [0.1, 0.15) is 40.0 Å². The number of hydrogen-bond acceptors (Lipinski definition) is 5. The highest BCUT2D eigenvalue weighted by Gasteiger charge is 2.56. The van der Waals surface area contributed by atoms with Crippen LogP contribution >= 0.6 is 11.6 Å². The Morgan fingerprint density at radius 1 is 0.864 bits per heavy atom. The third-order valence-corrected chi connectivity index (χ3v) is 8.30. The van der Waals surface area contributed by atoms with Gasteiger partial charge in [-0.2, -0.15) is 0 Å². The van der Waals surface area contributed by atoms with E-state index in [0.717, 1.165) is 5.56 Å². The van der Waals surface area contributed by atoms with Gasteiger partial charge in [0, 0.05) is 12.1 Å². The first-order chi connectivity index (χ1) is 21.3. The number of carbonyl (C=O) groups is 3. The summed E-state index contributed by atoms with van der Waals surface area (Å²) in [6, 6.07) is 26.8. The van der Waals surface area contributed by atoms with Gasteiger partial charge in [-0.15, -0.1) is 0 Å². The molecule has 1 aliphatic rings. The van der Waals surface area contributed by atoms with Crippen LogP contribution in [-0.2, 0) is 22.7 Å². The Labute approximate surface area is 260 Å². The fraction of sp³-hybridized carbons (Fsp3) is 0.229. The molecule has 0 spiro atoms. The second kappa shape index (κ2) is 13.7. The molecule has 7 nitrogen and oxygen atoms in total. The molecule has 1 heterocycles. The fourth-order valence-corrected chi connectivity index (χ4v) is 5.99. The molecule has 2 amide bonds. The number of nitrogens with zero attached hydrogens (tertiary/aromatic N) is 1. The molecule has 0 bridgehead atoms. The van der Waals surface area contributed by atoms with Gasteiger partial charge in [-0.25, -0.2) is 9.18 Å². The van der Waals surface area contributed by atoms with Crippen LogP contribution in [0.3, 0.4) is 0 Å². The smallest absolute Gasteiger partial charge is 0.411 e. The van der Waals surface area contributed by atoms with E-state index in [1.807, 2.05) is 30.3 Å². The van der Waals surface area contributed by atoms with Crippen molar-refractivity contribution in [2.24, 2.45) is 11.8 Å². The van der Waals surface area contributed by atoms with Crippen LogP contribution in [-0.4, -0.2) is 35.8 Å². The first kappa shape index (κ1) is 30.8. The predicted molar refractivity (Wildman–Crippen MR) is 165 cm³/mol. The van der Waals surface area contributed by atoms with Gasteiger partial charge in [0.05, 0.1) is 24.1 Å². The topological polar surface area (TPSA) is 84.9 Å². The maximum absolute atomic E-state index is 14.3. The monoisotopic (exact) mass is 614 g/mol. The van der Waals surface area contributed by atoms with E-state index < -0.39 is 35.9 Å². The zero-order valence-electron chi connectivity index (χ0n) is 24.3. The lowest BCUT2D eigenvalue weighted by atomic mass is 9.80. The summed E-state index contributed by atoms with van der Waals surface area (Å²) in [7, 11) is 1.55. The molecule has 226 valence electrons. The third kappa shape index (κ3) is 6.60. The second-order valence-corrected chi connectivity index (χ2v) is 11.1. The number of halogens is 2. The van der Waals surface area contributed by atoms with Crippen molar-refractivity contribution in [1.82, 2.24) is 10.2 Å². The van der Waals surface area contributed by atoms with E-state index in [4.69, 9.17) is 21.1 Å². The van der Waals surface area contributed by atoms with Gasteiger partial charge < -0.3 is 14.8 Å². The molecule has 4 aromatic rings. The van der Waals surface area contributed by atoms with Crippen LogP contribution in [0.4, 0.5) is 9.18 Å². The van der Waals surface area contributed by atoms with Crippen LogP contribution < -0.4 is 10.1 Å². The Balaban J connectivity index is 1.55. The molecule has 1 fully saturated rings. The Bertz CT molecular complexity index is 1610. The molecule has 1 saturated heterocycles. The molecule has 1 N–H and O–H groups in total. The quantitative estimate of drug-likeness (QED) is 0.205. The van der Waals surface area contributed by atoms with Crippen LogP contribution in [0, 0.1) is 17.7 Å². The molecule has 4 atom stereocenters. The van der Waals surface area contributed by atoms with Crippen molar-refractivity contribution in [3.8, 4) is 5.75 Å². The molecule has 9 heteroatoms. The Morgan fingerprint density at radius 3 is 2.18 bits per heavy atom. The lowest BCUT2D eigenvalue weighted by Gasteiger charge is -2.31. The van der Waals surface area contributed by atoms with Crippen LogP contribution in [0.15, 0.2) is 103 Å². The largest absolute Gasteiger partial charge is 0.497 e. The summed E-state index contributed by atoms with van der Waals surface area (Å²) in [4.78, 5) is 43.6. The van der Waals surface area contributed by atoms with Crippen molar-refractivity contribution in [2.45, 2.75) is 32.2 Å². The number of amides is 2. The summed E-state index contributed by atoms with van der Waals surface area (Å²) < 4.78 is 24.6. The van der Waals surface area contributed by atoms with Gasteiger partial charge in [-0.05, 0) is 59.0 Å². The molecule has 0 aromatic heterocycles. The number of ether oxygens (including phenoxy) is 2. The number of likely N-dealkylation sites (tertiary alicyclic amines) is 1. The van der Waals surface area contributed by atoms with E-state index in [0.29, 0.717) is 22.4 Å². The average Bonchev–Trinajstić information content (AvgIpc) is 3.36. The minimum absolute atomic E-state index is 0.0209. The lowest BCUT2D eigenvalue weighted by Crippen LogP contribution is -2.48. The third-order valence-electron chi connectivity index (χ3n) is 7.97. The predicted octanol–water partition coefficient (Wildman–Crippen LogP) is 7.00. The van der Waals surface area contributed by atoms with Gasteiger partial charge in [0.2, 0.25) is 5.91 Å². The van der Waals surface area contributed by atoms with E-state index in [-0.39, 0.29) is 29.8 Å². The summed E-state index contributed by atoms with van der Waals surface area (Å²) in [5.74, 6) is -2.02. The van der Waals surface area contributed by atoms with Gasteiger partial charge in [0.15, 0.2) is 5.78 Å². The molecule has 4 aromatic carbocycles. The number of hydrogen-bond donors (Lipinski definition) is 1. The number of Topliss-reactive ketones (excluding diaryl/α,β-unsaturated/α-hetero) is 1. The number of ketones is 1. The first-order valence-electron chi connectivity index (χ1n) is 14.2. The van der Waals surface area contributed by atoms with Crippen molar-refractivity contribution in [1.29, 1.82) is 0 Å². The van der Waals surface area contributed by atoms with Crippen molar-refractivity contribution < 1.29 is 28.2 Å². The van der Waals surface area contributed by atoms with Gasteiger partial charge in [-0.1, -0.05) is 85.3 Å². The number of benzene rings is 4. The standard InChI is InChI=1S/C35H32ClFN2O5/c1-22-30(33(40)28-10-6-7-11-29(28)36)32(25-14-18-27(43-2)19-15-25)39(35(42)44-21-24-8-4-3-5-9-24)31(22)34(41)38-20-23-12-16-26(37)17-13-23/h3-19,22,30-32H,20-21H2,1-2H3,(H,38,41). The highest BCUT2D eigenvalue weighted by Crippen LogP contribution is 2.47. The number of nitrogens with one attached hydrogen (secondary N) is 1. The zero-order valence-corrected chi connectivity index (χ0v) is 25.0. The van der Waals surface area contributed by atoms with Crippen molar-refractivity contribution in [3.05, 3.63) is 136 Å². The highest BCUT2D eigenvalue weighted by atomic mass is 35.5. The van der Waals surface area contributed by atoms with Gasteiger partial charge in [0.1, 0.15) is 24.2 Å². The Kier molecular flexibility index (Phi) is 9.60. The maximum atomic E-state index is 14.3. The maximum Gasteiger partial charge on any atom is 0.411 e. The summed E-state index contributed by atoms with van der Waals surface area (Å²) in [6.45, 7) is 1.86. The molecule has 0 aliphatic carbocycles. The summed E-state index contributed by atoms with van der Waals surface area (Å²) in [6.07, 6.45) is -0.738. The van der Waals surface area contributed by atoms with Crippen molar-refractivity contribution in [2.75, 3.05) is 7.11 Å². The SMILES string of the molecule is COc1ccc(C2C(C(=O)c3ccccc3Cl)C(C)C(C(=O)NCc3ccc(F)cc3)N2C(=O)OCc2ccccc2)cc1. The highest BCUT2D eigenvalue weighted by molar-refractivity contribution is 6.34. The summed E-state index contributed by atoms with van der Waals surface area (Å²) in [5, 5.41) is 3.16. The van der Waals surface area contributed by atoms with Gasteiger partial charge in [0.25, 0.3) is 0 Å². The molecular weight excluding hydrogens is 583 g/mol. The Morgan fingerprint density at radius 2 is 1.52 bits per heavy atom. The normalized spacial score (nSPS) is 19.3. The molecule has 4 unspecified atom stereocenters. The zero-order chi connectivity index (χ0) is 31.2. The van der Waals surface area contributed by atoms with Gasteiger partial charge >= 0.3 is 6.09 Å². The minimum atomic E-state index is -1.07. The summed E-state index contributed by atoms with van der Waals surface area (Å²) >= 11 is 6.47. The van der Waals surface area contributed by atoms with Crippen LogP contribution in [0.2, 0.25) is 5.02 Å². The average molecular weight is 615 g/mol. The molecule has 5 rings (SSSR count). The fourth-order valence-electron chi connectivity index (χ4n) is 5.76. The molecule has 1 aliphatic heterocycles. The number of rotatable bonds is 9. The lowest BCUT2D eigenvalue weighted by molar-refractivity contribution is -0.126. The number of methoxy groups -OCH3 is 1. The number of carbonyl (C=O) groups excluding carboxylic acids is 3. The summed E-state index contributed by atoms with van der Waals surface area (Å²) in [5.41, 5.74) is 2.39. The van der Waals surface area contributed by atoms with E-state index in [9.17, 15) is 18.8 Å². The van der Waals surface area contributed by atoms with Crippen LogP contribution in [0.5, 0.6) is 5.75 Å². The van der Waals surface area contributed by atoms with E-state index >= 15 is 0 Å². The second-order valence-electron chi connectivity index (χ2n) is 10.7. The minimum Gasteiger partial charge on any atom is -0.497 e. The van der Waals surface area contributed by atoms with E-state index in [1.54, 1.807) is 74.7 Å². The van der Waals surface area contributed by atoms with Crippen LogP contribution in [0.25, 0.3) is 0 Å². The van der Waals surface area contributed by atoms with Crippen molar-refractivity contribution >= 4 is 29.4 Å². The molecule has 44 heavy (non-hydrogen) atoms. The molecule has 0 radical (unpaired) electrons. The molecular formula is C35H32ClFN2O5. The first-order valence-corrected chi connectivity index (χ1v) is 14.6. The Hall–Kier alpha value is -4.69. The van der Waals surface area contributed by atoms with Gasteiger partial charge in [-0.3, -0.25) is 14.5 Å². The van der Waals surface area contributed by atoms with Crippen molar-refractivity contribution in [3.63, 3.8) is 0 Å².